The van der Waals surface area contributed by atoms with Crippen molar-refractivity contribution in [3.63, 3.8) is 0 Å². The first kappa shape index (κ1) is 9.92. The number of hydrogen-bond donors (Lipinski definition) is 1. The fourth-order valence-electron chi connectivity index (χ4n) is 1.11. The van der Waals surface area contributed by atoms with E-state index in [9.17, 15) is 4.39 Å². The molecule has 0 aromatic carbocycles. The highest BCUT2D eigenvalue weighted by molar-refractivity contribution is 5.41. The Bertz CT molecular complexity index is 286. The van der Waals surface area contributed by atoms with Gasteiger partial charge < -0.3 is 10.2 Å². The molecule has 0 unspecified atom stereocenters. The Labute approximate surface area is 77.6 Å². The number of aromatic nitrogens is 1. The first-order chi connectivity index (χ1) is 6.16. The molecule has 0 aliphatic rings. The zero-order valence-electron chi connectivity index (χ0n) is 8.13. The van der Waals surface area contributed by atoms with Crippen LogP contribution in [0.5, 0.6) is 0 Å². The van der Waals surface area contributed by atoms with Crippen molar-refractivity contribution >= 4 is 5.82 Å². The Balaban J connectivity index is 3.03. The Morgan fingerprint density at radius 3 is 2.77 bits per heavy atom. The van der Waals surface area contributed by atoms with Crippen molar-refractivity contribution in [1.29, 1.82) is 0 Å². The van der Waals surface area contributed by atoms with E-state index in [0.717, 1.165) is 0 Å². The summed E-state index contributed by atoms with van der Waals surface area (Å²) in [4.78, 5) is 5.61. The van der Waals surface area contributed by atoms with Crippen molar-refractivity contribution in [1.82, 2.24) is 10.3 Å². The number of rotatable bonds is 3. The van der Waals surface area contributed by atoms with Crippen LogP contribution in [-0.4, -0.2) is 26.1 Å². The Hall–Kier alpha value is -1.16. The number of anilines is 1. The third kappa shape index (κ3) is 2.15. The van der Waals surface area contributed by atoms with Gasteiger partial charge in [0.25, 0.3) is 0 Å². The second-order valence-electron chi connectivity index (χ2n) is 3.03. The second-order valence-corrected chi connectivity index (χ2v) is 3.03. The minimum Gasteiger partial charge on any atom is -0.360 e. The third-order valence-electron chi connectivity index (χ3n) is 1.74. The van der Waals surface area contributed by atoms with Gasteiger partial charge in [-0.05, 0) is 13.1 Å². The standard InChI is InChI=1S/C9H14FN3/c1-11-6-7-4-5-12-9(8(7)10)13(2)3/h4-5,11H,6H2,1-3H3. The van der Waals surface area contributed by atoms with Crippen LogP contribution in [0.1, 0.15) is 5.56 Å². The normalized spacial score (nSPS) is 10.2. The van der Waals surface area contributed by atoms with Crippen molar-refractivity contribution in [2.24, 2.45) is 0 Å². The number of halogens is 1. The van der Waals surface area contributed by atoms with E-state index in [2.05, 4.69) is 10.3 Å². The third-order valence-corrected chi connectivity index (χ3v) is 1.74. The van der Waals surface area contributed by atoms with Gasteiger partial charge >= 0.3 is 0 Å². The van der Waals surface area contributed by atoms with E-state index in [4.69, 9.17) is 0 Å². The average Bonchev–Trinajstić information content (AvgIpc) is 2.08. The molecule has 0 bridgehead atoms. The van der Waals surface area contributed by atoms with Crippen molar-refractivity contribution < 1.29 is 4.39 Å². The molecule has 1 heterocycles. The van der Waals surface area contributed by atoms with Crippen LogP contribution in [0.4, 0.5) is 10.2 Å². The molecule has 0 atom stereocenters. The summed E-state index contributed by atoms with van der Waals surface area (Å²) in [6.45, 7) is 0.523. The smallest absolute Gasteiger partial charge is 0.170 e. The number of nitrogens with zero attached hydrogens (tertiary/aromatic N) is 2. The SMILES string of the molecule is CNCc1ccnc(N(C)C)c1F. The lowest BCUT2D eigenvalue weighted by molar-refractivity contribution is 0.593. The van der Waals surface area contributed by atoms with Gasteiger partial charge in [-0.25, -0.2) is 9.37 Å². The van der Waals surface area contributed by atoms with Gasteiger partial charge in [0.05, 0.1) is 0 Å². The van der Waals surface area contributed by atoms with Gasteiger partial charge in [0.15, 0.2) is 11.6 Å². The quantitative estimate of drug-likeness (QED) is 0.758. The predicted octanol–water partition coefficient (Wildman–Crippen LogP) is 1.01. The first-order valence-corrected chi connectivity index (χ1v) is 4.12. The van der Waals surface area contributed by atoms with E-state index in [-0.39, 0.29) is 5.82 Å². The zero-order valence-corrected chi connectivity index (χ0v) is 8.13. The van der Waals surface area contributed by atoms with Crippen molar-refractivity contribution in [2.75, 3.05) is 26.0 Å². The second kappa shape index (κ2) is 4.18. The van der Waals surface area contributed by atoms with Gasteiger partial charge in [-0.1, -0.05) is 0 Å². The summed E-state index contributed by atoms with van der Waals surface area (Å²) in [5.74, 6) is 0.134. The van der Waals surface area contributed by atoms with Gasteiger partial charge in [-0.2, -0.15) is 0 Å². The fraction of sp³-hybridized carbons (Fsp3) is 0.444. The molecular weight excluding hydrogens is 169 g/mol. The number of hydrogen-bond acceptors (Lipinski definition) is 3. The average molecular weight is 183 g/mol. The molecule has 1 N–H and O–H groups in total. The number of nitrogens with one attached hydrogen (secondary N) is 1. The minimum absolute atomic E-state index is 0.248. The molecule has 0 radical (unpaired) electrons. The van der Waals surface area contributed by atoms with Gasteiger partial charge in [-0.15, -0.1) is 0 Å². The van der Waals surface area contributed by atoms with E-state index in [1.54, 1.807) is 38.3 Å². The topological polar surface area (TPSA) is 28.2 Å². The molecule has 1 rings (SSSR count). The molecule has 0 saturated carbocycles. The lowest BCUT2D eigenvalue weighted by Gasteiger charge is -2.13. The fourth-order valence-corrected chi connectivity index (χ4v) is 1.11. The van der Waals surface area contributed by atoms with E-state index < -0.39 is 0 Å². The Morgan fingerprint density at radius 2 is 2.23 bits per heavy atom. The van der Waals surface area contributed by atoms with Crippen LogP contribution < -0.4 is 10.2 Å². The van der Waals surface area contributed by atoms with Crippen LogP contribution in [0.25, 0.3) is 0 Å². The van der Waals surface area contributed by atoms with Crippen molar-refractivity contribution in [2.45, 2.75) is 6.54 Å². The molecule has 0 saturated heterocycles. The predicted molar refractivity (Wildman–Crippen MR) is 51.3 cm³/mol. The maximum atomic E-state index is 13.6. The summed E-state index contributed by atoms with van der Waals surface area (Å²) in [7, 11) is 5.33. The highest BCUT2D eigenvalue weighted by atomic mass is 19.1. The molecule has 1 aromatic rings. The highest BCUT2D eigenvalue weighted by Crippen LogP contribution is 2.16. The largest absolute Gasteiger partial charge is 0.360 e. The summed E-state index contributed by atoms with van der Waals surface area (Å²) < 4.78 is 13.6. The van der Waals surface area contributed by atoms with Crippen LogP contribution in [-0.2, 0) is 6.54 Å². The van der Waals surface area contributed by atoms with Crippen molar-refractivity contribution in [3.8, 4) is 0 Å². The van der Waals surface area contributed by atoms with Gasteiger partial charge in [-0.3, -0.25) is 0 Å². The molecular formula is C9H14FN3. The van der Waals surface area contributed by atoms with E-state index in [1.807, 2.05) is 0 Å². The first-order valence-electron chi connectivity index (χ1n) is 4.12. The minimum atomic E-state index is -0.248. The van der Waals surface area contributed by atoms with Gasteiger partial charge in [0.1, 0.15) is 0 Å². The molecule has 0 amide bonds. The summed E-state index contributed by atoms with van der Waals surface area (Å²) in [5, 5.41) is 2.90. The molecule has 0 aliphatic heterocycles. The maximum absolute atomic E-state index is 13.6. The molecule has 0 aliphatic carbocycles. The van der Waals surface area contributed by atoms with E-state index in [1.165, 1.54) is 0 Å². The van der Waals surface area contributed by atoms with Crippen LogP contribution >= 0.6 is 0 Å². The van der Waals surface area contributed by atoms with Crippen LogP contribution in [0.2, 0.25) is 0 Å². The lowest BCUT2D eigenvalue weighted by Crippen LogP contribution is -2.15. The molecule has 0 fully saturated rings. The zero-order chi connectivity index (χ0) is 9.84. The molecule has 4 heteroatoms. The monoisotopic (exact) mass is 183 g/mol. The van der Waals surface area contributed by atoms with Crippen LogP contribution in [0.3, 0.4) is 0 Å². The summed E-state index contributed by atoms with van der Waals surface area (Å²) in [5.41, 5.74) is 0.640. The van der Waals surface area contributed by atoms with E-state index >= 15 is 0 Å². The summed E-state index contributed by atoms with van der Waals surface area (Å²) in [6.07, 6.45) is 1.62. The van der Waals surface area contributed by atoms with Crippen molar-refractivity contribution in [3.05, 3.63) is 23.6 Å². The summed E-state index contributed by atoms with van der Waals surface area (Å²) in [6, 6.07) is 1.68. The molecule has 72 valence electrons. The molecule has 1 aromatic heterocycles. The molecule has 0 spiro atoms. The Morgan fingerprint density at radius 1 is 1.54 bits per heavy atom. The maximum Gasteiger partial charge on any atom is 0.170 e. The lowest BCUT2D eigenvalue weighted by atomic mass is 10.2. The highest BCUT2D eigenvalue weighted by Gasteiger charge is 2.09. The van der Waals surface area contributed by atoms with Gasteiger partial charge in [0, 0.05) is 32.4 Å². The number of pyridine rings is 1. The van der Waals surface area contributed by atoms with Gasteiger partial charge in [0.2, 0.25) is 0 Å². The van der Waals surface area contributed by atoms with Crippen LogP contribution in [0, 0.1) is 5.82 Å². The molecule has 13 heavy (non-hydrogen) atoms. The Kier molecular flexibility index (Phi) is 3.19. The van der Waals surface area contributed by atoms with E-state index in [0.29, 0.717) is 17.9 Å². The summed E-state index contributed by atoms with van der Waals surface area (Å²) >= 11 is 0. The molecule has 3 nitrogen and oxygen atoms in total. The van der Waals surface area contributed by atoms with Crippen LogP contribution in [0.15, 0.2) is 12.3 Å².